The molecule has 6 heteroatoms. The number of halogens is 1. The van der Waals surface area contributed by atoms with Crippen LogP contribution in [0.1, 0.15) is 4.88 Å². The molecule has 0 unspecified atom stereocenters. The van der Waals surface area contributed by atoms with Crippen molar-refractivity contribution in [1.29, 1.82) is 0 Å². The Labute approximate surface area is 136 Å². The maximum absolute atomic E-state index is 5.98. The highest BCUT2D eigenvalue weighted by molar-refractivity contribution is 7.98. The molecule has 2 aromatic heterocycles. The molecule has 0 amide bonds. The molecule has 0 aliphatic carbocycles. The van der Waals surface area contributed by atoms with E-state index >= 15 is 0 Å². The van der Waals surface area contributed by atoms with Gasteiger partial charge in [0.1, 0.15) is 0 Å². The number of hydrogen-bond donors (Lipinski definition) is 0. The van der Waals surface area contributed by atoms with Crippen LogP contribution in [0.3, 0.4) is 0 Å². The number of benzene rings is 1. The van der Waals surface area contributed by atoms with E-state index in [2.05, 4.69) is 16.7 Å². The van der Waals surface area contributed by atoms with E-state index in [0.717, 1.165) is 32.8 Å². The average molecular weight is 339 g/mol. The van der Waals surface area contributed by atoms with Gasteiger partial charge in [-0.3, -0.25) is 0 Å². The molecule has 3 aromatic rings. The molecule has 0 bridgehead atoms. The first kappa shape index (κ1) is 14.9. The molecule has 2 heterocycles. The fourth-order valence-electron chi connectivity index (χ4n) is 2.13. The molecule has 0 N–H and O–H groups in total. The van der Waals surface area contributed by atoms with Gasteiger partial charge in [0, 0.05) is 24.3 Å². The SMILES string of the molecule is COCCn1c(SCc2ccc(Cl)s2)nc2ccccc21. The summed E-state index contributed by atoms with van der Waals surface area (Å²) in [4.78, 5) is 5.99. The molecule has 0 fully saturated rings. The highest BCUT2D eigenvalue weighted by atomic mass is 35.5. The second kappa shape index (κ2) is 6.83. The molecule has 0 spiro atoms. The molecule has 0 aliphatic heterocycles. The second-order valence-corrected chi connectivity index (χ2v) is 7.26. The van der Waals surface area contributed by atoms with Crippen LogP contribution in [-0.4, -0.2) is 23.3 Å². The first-order valence-electron chi connectivity index (χ1n) is 6.59. The second-order valence-electron chi connectivity index (χ2n) is 4.52. The summed E-state index contributed by atoms with van der Waals surface area (Å²) in [5, 5.41) is 1.03. The lowest BCUT2D eigenvalue weighted by atomic mass is 10.3. The van der Waals surface area contributed by atoms with E-state index in [1.165, 1.54) is 4.88 Å². The fraction of sp³-hybridized carbons (Fsp3) is 0.267. The third kappa shape index (κ3) is 3.43. The lowest BCUT2D eigenvalue weighted by molar-refractivity contribution is 0.186. The summed E-state index contributed by atoms with van der Waals surface area (Å²) in [7, 11) is 1.72. The van der Waals surface area contributed by atoms with E-state index in [9.17, 15) is 0 Å². The fourth-order valence-corrected chi connectivity index (χ4v) is 4.30. The van der Waals surface area contributed by atoms with Gasteiger partial charge in [0.05, 0.1) is 22.0 Å². The third-order valence-electron chi connectivity index (χ3n) is 3.11. The number of rotatable bonds is 6. The van der Waals surface area contributed by atoms with Crippen LogP contribution in [0.25, 0.3) is 11.0 Å². The number of nitrogens with zero attached hydrogens (tertiary/aromatic N) is 2. The predicted octanol–water partition coefficient (Wildman–Crippen LogP) is 4.69. The Hall–Kier alpha value is -1.01. The zero-order valence-corrected chi connectivity index (χ0v) is 14.0. The van der Waals surface area contributed by atoms with Crippen molar-refractivity contribution < 1.29 is 4.74 Å². The Balaban J connectivity index is 1.85. The van der Waals surface area contributed by atoms with Crippen molar-refractivity contribution in [3.05, 3.63) is 45.6 Å². The summed E-state index contributed by atoms with van der Waals surface area (Å²) in [6.45, 7) is 1.49. The highest BCUT2D eigenvalue weighted by Gasteiger charge is 2.11. The zero-order chi connectivity index (χ0) is 14.7. The average Bonchev–Trinajstić information content (AvgIpc) is 3.06. The maximum atomic E-state index is 5.98. The number of thioether (sulfide) groups is 1. The van der Waals surface area contributed by atoms with Crippen molar-refractivity contribution in [3.63, 3.8) is 0 Å². The van der Waals surface area contributed by atoms with Crippen molar-refractivity contribution in [2.75, 3.05) is 13.7 Å². The molecular formula is C15H15ClN2OS2. The minimum absolute atomic E-state index is 0.679. The van der Waals surface area contributed by atoms with Gasteiger partial charge in [0.15, 0.2) is 5.16 Å². The Morgan fingerprint density at radius 1 is 1.29 bits per heavy atom. The highest BCUT2D eigenvalue weighted by Crippen LogP contribution is 2.30. The van der Waals surface area contributed by atoms with Gasteiger partial charge in [0.2, 0.25) is 0 Å². The molecule has 0 atom stereocenters. The van der Waals surface area contributed by atoms with Crippen LogP contribution in [0.15, 0.2) is 41.6 Å². The van der Waals surface area contributed by atoms with Gasteiger partial charge in [-0.1, -0.05) is 35.5 Å². The van der Waals surface area contributed by atoms with Crippen LogP contribution in [0.5, 0.6) is 0 Å². The number of para-hydroxylation sites is 2. The molecule has 21 heavy (non-hydrogen) atoms. The van der Waals surface area contributed by atoms with E-state index < -0.39 is 0 Å². The van der Waals surface area contributed by atoms with Crippen molar-refractivity contribution in [2.24, 2.45) is 0 Å². The third-order valence-corrected chi connectivity index (χ3v) is 5.55. The van der Waals surface area contributed by atoms with E-state index in [0.29, 0.717) is 6.61 Å². The predicted molar refractivity (Wildman–Crippen MR) is 90.5 cm³/mol. The summed E-state index contributed by atoms with van der Waals surface area (Å²) in [5.41, 5.74) is 2.18. The van der Waals surface area contributed by atoms with Crippen LogP contribution >= 0.6 is 34.7 Å². The quantitative estimate of drug-likeness (QED) is 0.610. The molecule has 1 aromatic carbocycles. The van der Waals surface area contributed by atoms with Crippen molar-refractivity contribution in [3.8, 4) is 0 Å². The Morgan fingerprint density at radius 2 is 2.14 bits per heavy atom. The number of thiophene rings is 1. The van der Waals surface area contributed by atoms with Crippen molar-refractivity contribution in [2.45, 2.75) is 17.5 Å². The van der Waals surface area contributed by atoms with E-state index in [4.69, 9.17) is 21.3 Å². The number of ether oxygens (including phenoxy) is 1. The summed E-state index contributed by atoms with van der Waals surface area (Å²) < 4.78 is 8.26. The van der Waals surface area contributed by atoms with E-state index in [1.807, 2.05) is 24.3 Å². The van der Waals surface area contributed by atoms with Crippen LogP contribution in [0, 0.1) is 0 Å². The molecule has 0 radical (unpaired) electrons. The van der Waals surface area contributed by atoms with Gasteiger partial charge in [-0.15, -0.1) is 11.3 Å². The minimum atomic E-state index is 0.679. The molecule has 0 saturated carbocycles. The Kier molecular flexibility index (Phi) is 4.85. The normalized spacial score (nSPS) is 11.3. The van der Waals surface area contributed by atoms with Gasteiger partial charge in [0.25, 0.3) is 0 Å². The number of fused-ring (bicyclic) bond motifs is 1. The lowest BCUT2D eigenvalue weighted by Gasteiger charge is -2.07. The monoisotopic (exact) mass is 338 g/mol. The maximum Gasteiger partial charge on any atom is 0.169 e. The molecular weight excluding hydrogens is 324 g/mol. The molecule has 0 aliphatic rings. The first-order chi connectivity index (χ1) is 10.3. The summed E-state index contributed by atoms with van der Waals surface area (Å²) in [5.74, 6) is 0.883. The topological polar surface area (TPSA) is 27.1 Å². The van der Waals surface area contributed by atoms with Gasteiger partial charge >= 0.3 is 0 Å². The molecule has 3 rings (SSSR count). The van der Waals surface area contributed by atoms with Crippen LogP contribution in [-0.2, 0) is 17.0 Å². The smallest absolute Gasteiger partial charge is 0.169 e. The summed E-state index contributed by atoms with van der Waals surface area (Å²) in [6.07, 6.45) is 0. The van der Waals surface area contributed by atoms with Gasteiger partial charge in [-0.25, -0.2) is 4.98 Å². The van der Waals surface area contributed by atoms with Gasteiger partial charge in [-0.05, 0) is 24.3 Å². The van der Waals surface area contributed by atoms with Crippen molar-refractivity contribution in [1.82, 2.24) is 9.55 Å². The Bertz CT molecular complexity index is 738. The van der Waals surface area contributed by atoms with Gasteiger partial charge in [-0.2, -0.15) is 0 Å². The van der Waals surface area contributed by atoms with Crippen LogP contribution < -0.4 is 0 Å². The number of aromatic nitrogens is 2. The summed E-state index contributed by atoms with van der Waals surface area (Å²) >= 11 is 9.34. The summed E-state index contributed by atoms with van der Waals surface area (Å²) in [6, 6.07) is 12.2. The lowest BCUT2D eigenvalue weighted by Crippen LogP contribution is -2.05. The standard InChI is InChI=1S/C15H15ClN2OS2/c1-19-9-8-18-13-5-3-2-4-12(13)17-15(18)20-10-11-6-7-14(16)21-11/h2-7H,8-10H2,1H3. The van der Waals surface area contributed by atoms with Crippen LogP contribution in [0.2, 0.25) is 4.34 Å². The minimum Gasteiger partial charge on any atom is -0.383 e. The number of methoxy groups -OCH3 is 1. The first-order valence-corrected chi connectivity index (χ1v) is 8.77. The molecule has 0 saturated heterocycles. The molecule has 110 valence electrons. The van der Waals surface area contributed by atoms with E-state index in [-0.39, 0.29) is 0 Å². The largest absolute Gasteiger partial charge is 0.383 e. The number of imidazole rings is 1. The number of hydrogen-bond acceptors (Lipinski definition) is 4. The molecule has 3 nitrogen and oxygen atoms in total. The van der Waals surface area contributed by atoms with Crippen LogP contribution in [0.4, 0.5) is 0 Å². The van der Waals surface area contributed by atoms with E-state index in [1.54, 1.807) is 30.2 Å². The van der Waals surface area contributed by atoms with Gasteiger partial charge < -0.3 is 9.30 Å². The Morgan fingerprint density at radius 3 is 2.90 bits per heavy atom. The van der Waals surface area contributed by atoms with Crippen molar-refractivity contribution >= 4 is 45.7 Å². The zero-order valence-electron chi connectivity index (χ0n) is 11.6.